The molecule has 0 bridgehead atoms. The van der Waals surface area contributed by atoms with Gasteiger partial charge in [-0.05, 0) is 55.3 Å². The van der Waals surface area contributed by atoms with E-state index in [1.807, 2.05) is 0 Å². The van der Waals surface area contributed by atoms with E-state index in [9.17, 15) is 13.2 Å². The first-order valence-corrected chi connectivity index (χ1v) is 10.3. The molecule has 2 aromatic carbocycles. The smallest absolute Gasteiger partial charge is 0.278 e. The minimum atomic E-state index is -3.88. The fraction of sp³-hybridized carbons (Fsp3) is 0.111. The zero-order chi connectivity index (χ0) is 19.6. The number of nitrogens with two attached hydrogens (primary N) is 1. The van der Waals surface area contributed by atoms with Gasteiger partial charge in [-0.2, -0.15) is 0 Å². The average Bonchev–Trinajstić information content (AvgIpc) is 3.11. The molecule has 0 aliphatic rings. The molecule has 0 unspecified atom stereocenters. The van der Waals surface area contributed by atoms with Crippen molar-refractivity contribution in [2.75, 3.05) is 5.32 Å². The van der Waals surface area contributed by atoms with Crippen LogP contribution < -0.4 is 15.2 Å². The molecule has 27 heavy (non-hydrogen) atoms. The summed E-state index contributed by atoms with van der Waals surface area (Å²) in [5.74, 6) is 0.0810. The van der Waals surface area contributed by atoms with E-state index in [2.05, 4.69) is 10.3 Å². The van der Waals surface area contributed by atoms with Gasteiger partial charge in [0, 0.05) is 22.8 Å². The van der Waals surface area contributed by atoms with E-state index >= 15 is 0 Å². The minimum Gasteiger partial charge on any atom is -0.431 e. The Kier molecular flexibility index (Phi) is 5.26. The molecule has 140 valence electrons. The van der Waals surface area contributed by atoms with Crippen LogP contribution in [0.5, 0.6) is 10.9 Å². The summed E-state index contributed by atoms with van der Waals surface area (Å²) in [6, 6.07) is 9.46. The highest BCUT2D eigenvalue weighted by molar-refractivity contribution is 7.89. The standard InChI is InChI=1S/C18H17N3O4S2/c1-11-8-15(27(19,23)24)10-16(12(11)2)21-17(22)13-4-3-5-14(9-13)25-18-20-6-7-26-18/h3-10H,1-2H3,(H,21,22)(H2,19,23,24). The number of thiazole rings is 1. The molecular weight excluding hydrogens is 386 g/mol. The fourth-order valence-electron chi connectivity index (χ4n) is 2.38. The fourth-order valence-corrected chi connectivity index (χ4v) is 3.50. The van der Waals surface area contributed by atoms with Crippen LogP contribution in [-0.4, -0.2) is 19.3 Å². The summed E-state index contributed by atoms with van der Waals surface area (Å²) in [5.41, 5.74) is 2.21. The summed E-state index contributed by atoms with van der Waals surface area (Å²) in [7, 11) is -3.88. The van der Waals surface area contributed by atoms with E-state index < -0.39 is 15.9 Å². The first kappa shape index (κ1) is 19.0. The molecule has 9 heteroatoms. The molecule has 0 fully saturated rings. The highest BCUT2D eigenvalue weighted by atomic mass is 32.2. The number of anilines is 1. The van der Waals surface area contributed by atoms with Crippen LogP contribution in [0, 0.1) is 13.8 Å². The van der Waals surface area contributed by atoms with Crippen LogP contribution in [0.2, 0.25) is 0 Å². The summed E-state index contributed by atoms with van der Waals surface area (Å²) in [4.78, 5) is 16.6. The largest absolute Gasteiger partial charge is 0.431 e. The Hall–Kier alpha value is -2.75. The number of aryl methyl sites for hydroxylation is 1. The van der Waals surface area contributed by atoms with Crippen LogP contribution in [0.15, 0.2) is 52.9 Å². The summed E-state index contributed by atoms with van der Waals surface area (Å²) >= 11 is 1.34. The maximum atomic E-state index is 12.6. The molecule has 1 heterocycles. The number of carbonyl (C=O) groups is 1. The number of sulfonamides is 1. The molecule has 1 amide bonds. The van der Waals surface area contributed by atoms with E-state index in [0.717, 1.165) is 5.56 Å². The van der Waals surface area contributed by atoms with Gasteiger partial charge in [0.1, 0.15) is 5.75 Å². The Labute approximate surface area is 160 Å². The quantitative estimate of drug-likeness (QED) is 0.678. The molecule has 3 aromatic rings. The van der Waals surface area contributed by atoms with Crippen LogP contribution in [-0.2, 0) is 10.0 Å². The van der Waals surface area contributed by atoms with Gasteiger partial charge in [-0.15, -0.1) is 0 Å². The van der Waals surface area contributed by atoms with Crippen molar-refractivity contribution in [1.29, 1.82) is 0 Å². The van der Waals surface area contributed by atoms with Crippen molar-refractivity contribution in [2.45, 2.75) is 18.7 Å². The van der Waals surface area contributed by atoms with Crippen LogP contribution in [0.1, 0.15) is 21.5 Å². The summed E-state index contributed by atoms with van der Waals surface area (Å²) in [6.07, 6.45) is 1.63. The summed E-state index contributed by atoms with van der Waals surface area (Å²) in [6.45, 7) is 3.54. The number of primary sulfonamides is 1. The molecule has 0 saturated heterocycles. The van der Waals surface area contributed by atoms with Crippen molar-refractivity contribution < 1.29 is 17.9 Å². The molecule has 0 saturated carbocycles. The van der Waals surface area contributed by atoms with Crippen LogP contribution in [0.3, 0.4) is 0 Å². The molecule has 0 aliphatic heterocycles. The lowest BCUT2D eigenvalue weighted by Gasteiger charge is -2.13. The molecule has 1 aromatic heterocycles. The SMILES string of the molecule is Cc1cc(S(N)(=O)=O)cc(NC(=O)c2cccc(Oc3nccs3)c2)c1C. The van der Waals surface area contributed by atoms with Crippen molar-refractivity contribution in [1.82, 2.24) is 4.98 Å². The number of hydrogen-bond acceptors (Lipinski definition) is 6. The number of aromatic nitrogens is 1. The Morgan fingerprint density at radius 3 is 2.67 bits per heavy atom. The van der Waals surface area contributed by atoms with E-state index in [4.69, 9.17) is 9.88 Å². The van der Waals surface area contributed by atoms with Gasteiger partial charge in [-0.3, -0.25) is 4.79 Å². The molecule has 3 N–H and O–H groups in total. The van der Waals surface area contributed by atoms with Gasteiger partial charge < -0.3 is 10.1 Å². The molecule has 3 rings (SSSR count). The predicted molar refractivity (Wildman–Crippen MR) is 104 cm³/mol. The number of hydrogen-bond donors (Lipinski definition) is 2. The second kappa shape index (κ2) is 7.47. The second-order valence-corrected chi connectivity index (χ2v) is 8.26. The third-order valence-corrected chi connectivity index (χ3v) is 5.47. The van der Waals surface area contributed by atoms with E-state index in [0.29, 0.717) is 27.8 Å². The highest BCUT2D eigenvalue weighted by Crippen LogP contribution is 2.26. The normalized spacial score (nSPS) is 11.2. The molecule has 0 aliphatic carbocycles. The number of ether oxygens (including phenoxy) is 1. The van der Waals surface area contributed by atoms with Gasteiger partial charge in [-0.1, -0.05) is 17.4 Å². The number of amides is 1. The molecule has 7 nitrogen and oxygen atoms in total. The molecule has 0 atom stereocenters. The highest BCUT2D eigenvalue weighted by Gasteiger charge is 2.15. The number of nitrogens with one attached hydrogen (secondary N) is 1. The first-order chi connectivity index (χ1) is 12.7. The van der Waals surface area contributed by atoms with E-state index in [1.54, 1.807) is 49.7 Å². The Bertz CT molecular complexity index is 1090. The van der Waals surface area contributed by atoms with Crippen molar-refractivity contribution in [3.05, 3.63) is 64.7 Å². The van der Waals surface area contributed by atoms with E-state index in [1.165, 1.54) is 23.5 Å². The lowest BCUT2D eigenvalue weighted by Crippen LogP contribution is -2.16. The second-order valence-electron chi connectivity index (χ2n) is 5.84. The van der Waals surface area contributed by atoms with Gasteiger partial charge in [0.15, 0.2) is 0 Å². The third-order valence-electron chi connectivity index (χ3n) is 3.93. The van der Waals surface area contributed by atoms with Crippen molar-refractivity contribution in [3.63, 3.8) is 0 Å². The molecule has 0 spiro atoms. The predicted octanol–water partition coefficient (Wildman–Crippen LogP) is 3.45. The van der Waals surface area contributed by atoms with Crippen molar-refractivity contribution >= 4 is 33.0 Å². The third kappa shape index (κ3) is 4.51. The van der Waals surface area contributed by atoms with Gasteiger partial charge in [0.2, 0.25) is 10.0 Å². The van der Waals surface area contributed by atoms with E-state index in [-0.39, 0.29) is 4.90 Å². The Morgan fingerprint density at radius 2 is 2.00 bits per heavy atom. The Balaban J connectivity index is 1.86. The van der Waals surface area contributed by atoms with Gasteiger partial charge in [0.25, 0.3) is 11.1 Å². The lowest BCUT2D eigenvalue weighted by molar-refractivity contribution is 0.102. The lowest BCUT2D eigenvalue weighted by atomic mass is 10.1. The number of benzene rings is 2. The Morgan fingerprint density at radius 1 is 1.22 bits per heavy atom. The minimum absolute atomic E-state index is 0.0539. The summed E-state index contributed by atoms with van der Waals surface area (Å²) < 4.78 is 28.9. The summed E-state index contributed by atoms with van der Waals surface area (Å²) in [5, 5.41) is 10.2. The van der Waals surface area contributed by atoms with Crippen LogP contribution >= 0.6 is 11.3 Å². The number of carbonyl (C=O) groups excluding carboxylic acids is 1. The van der Waals surface area contributed by atoms with Gasteiger partial charge in [0.05, 0.1) is 4.90 Å². The first-order valence-electron chi connectivity index (χ1n) is 7.87. The van der Waals surface area contributed by atoms with Crippen molar-refractivity contribution in [3.8, 4) is 10.9 Å². The van der Waals surface area contributed by atoms with Crippen LogP contribution in [0.25, 0.3) is 0 Å². The number of nitrogens with zero attached hydrogens (tertiary/aromatic N) is 1. The number of rotatable bonds is 5. The van der Waals surface area contributed by atoms with Crippen LogP contribution in [0.4, 0.5) is 5.69 Å². The van der Waals surface area contributed by atoms with Crippen molar-refractivity contribution in [2.24, 2.45) is 5.14 Å². The maximum Gasteiger partial charge on any atom is 0.278 e. The van der Waals surface area contributed by atoms with Gasteiger partial charge in [-0.25, -0.2) is 18.5 Å². The zero-order valence-corrected chi connectivity index (χ0v) is 16.2. The molecular formula is C18H17N3O4S2. The average molecular weight is 403 g/mol. The van der Waals surface area contributed by atoms with Gasteiger partial charge >= 0.3 is 0 Å². The maximum absolute atomic E-state index is 12.6. The molecule has 0 radical (unpaired) electrons. The topological polar surface area (TPSA) is 111 Å². The zero-order valence-electron chi connectivity index (χ0n) is 14.6. The monoisotopic (exact) mass is 403 g/mol.